The second-order valence-electron chi connectivity index (χ2n) is 5.31. The summed E-state index contributed by atoms with van der Waals surface area (Å²) in [5.41, 5.74) is 8.50. The van der Waals surface area contributed by atoms with Crippen LogP contribution in [0.25, 0.3) is 0 Å². The summed E-state index contributed by atoms with van der Waals surface area (Å²) >= 11 is 3.41. The van der Waals surface area contributed by atoms with Gasteiger partial charge in [0.25, 0.3) is 0 Å². The highest BCUT2D eigenvalue weighted by Gasteiger charge is 2.17. The van der Waals surface area contributed by atoms with Crippen LogP contribution in [0.5, 0.6) is 0 Å². The van der Waals surface area contributed by atoms with E-state index in [4.69, 9.17) is 5.73 Å². The number of rotatable bonds is 5. The van der Waals surface area contributed by atoms with Crippen LogP contribution >= 0.6 is 15.9 Å². The molecule has 0 heterocycles. The van der Waals surface area contributed by atoms with E-state index in [1.807, 2.05) is 48.5 Å². The number of hydrogen-bond acceptors (Lipinski definition) is 2. The fourth-order valence-electron chi connectivity index (χ4n) is 2.14. The van der Waals surface area contributed by atoms with E-state index >= 15 is 0 Å². The quantitative estimate of drug-likeness (QED) is 0.851. The first kappa shape index (κ1) is 15.6. The summed E-state index contributed by atoms with van der Waals surface area (Å²) in [6, 6.07) is 15.1. The molecule has 0 saturated carbocycles. The van der Waals surface area contributed by atoms with E-state index in [0.717, 1.165) is 15.7 Å². The third-order valence-electron chi connectivity index (χ3n) is 3.36. The van der Waals surface area contributed by atoms with E-state index in [0.29, 0.717) is 5.92 Å². The third-order valence-corrected chi connectivity index (χ3v) is 3.85. The number of nitrogens with one attached hydrogen (secondary N) is 1. The summed E-state index contributed by atoms with van der Waals surface area (Å²) in [7, 11) is 0. The lowest BCUT2D eigenvalue weighted by Gasteiger charge is -2.18. The Kier molecular flexibility index (Phi) is 5.02. The van der Waals surface area contributed by atoms with E-state index < -0.39 is 11.9 Å². The minimum Gasteiger partial charge on any atom is -0.370 e. The molecule has 0 spiro atoms. The maximum atomic E-state index is 11.8. The molecule has 0 bridgehead atoms. The zero-order valence-electron chi connectivity index (χ0n) is 12.1. The van der Waals surface area contributed by atoms with Gasteiger partial charge in [-0.1, -0.05) is 60.1 Å². The lowest BCUT2D eigenvalue weighted by Crippen LogP contribution is -2.27. The van der Waals surface area contributed by atoms with Gasteiger partial charge in [-0.25, -0.2) is 0 Å². The predicted octanol–water partition coefficient (Wildman–Crippen LogP) is 4.21. The first-order valence-corrected chi connectivity index (χ1v) is 7.68. The molecular weight excluding hydrogens is 328 g/mol. The van der Waals surface area contributed by atoms with Gasteiger partial charge in [-0.15, -0.1) is 0 Å². The molecule has 1 amide bonds. The molecule has 0 saturated heterocycles. The molecule has 0 aliphatic carbocycles. The molecule has 2 aromatic carbocycles. The van der Waals surface area contributed by atoms with Gasteiger partial charge >= 0.3 is 0 Å². The molecule has 0 aromatic heterocycles. The normalized spacial score (nSPS) is 12.2. The van der Waals surface area contributed by atoms with Crippen molar-refractivity contribution in [1.82, 2.24) is 0 Å². The third kappa shape index (κ3) is 4.08. The molecule has 0 aliphatic heterocycles. The smallest absolute Gasteiger partial charge is 0.244 e. The largest absolute Gasteiger partial charge is 0.370 e. The van der Waals surface area contributed by atoms with Gasteiger partial charge < -0.3 is 11.1 Å². The molecule has 1 unspecified atom stereocenters. The Hall–Kier alpha value is -1.81. The average Bonchev–Trinajstić information content (AvgIpc) is 2.44. The van der Waals surface area contributed by atoms with Crippen molar-refractivity contribution in [3.8, 4) is 0 Å². The van der Waals surface area contributed by atoms with Crippen LogP contribution in [0.4, 0.5) is 5.69 Å². The summed E-state index contributed by atoms with van der Waals surface area (Å²) in [6.45, 7) is 4.28. The first-order valence-electron chi connectivity index (χ1n) is 6.88. The van der Waals surface area contributed by atoms with Crippen molar-refractivity contribution in [3.05, 3.63) is 64.1 Å². The first-order chi connectivity index (χ1) is 9.97. The minimum absolute atomic E-state index is 0.396. The van der Waals surface area contributed by atoms with Crippen LogP contribution < -0.4 is 11.1 Å². The maximum Gasteiger partial charge on any atom is 0.244 e. The zero-order valence-corrected chi connectivity index (χ0v) is 13.7. The van der Waals surface area contributed by atoms with Crippen molar-refractivity contribution in [3.63, 3.8) is 0 Å². The number of amides is 1. The van der Waals surface area contributed by atoms with Gasteiger partial charge in [-0.05, 0) is 35.2 Å². The Bertz CT molecular complexity index is 623. The van der Waals surface area contributed by atoms with E-state index in [2.05, 4.69) is 35.1 Å². The Morgan fingerprint density at radius 2 is 1.71 bits per heavy atom. The van der Waals surface area contributed by atoms with Crippen LogP contribution in [0.2, 0.25) is 0 Å². The van der Waals surface area contributed by atoms with Crippen molar-refractivity contribution in [2.75, 3.05) is 5.32 Å². The molecule has 0 radical (unpaired) electrons. The summed E-state index contributed by atoms with van der Waals surface area (Å²) in [5.74, 6) is 0.0661. The highest BCUT2D eigenvalue weighted by Crippen LogP contribution is 2.24. The Morgan fingerprint density at radius 1 is 1.10 bits per heavy atom. The molecule has 110 valence electrons. The van der Waals surface area contributed by atoms with E-state index in [1.165, 1.54) is 5.56 Å². The van der Waals surface area contributed by atoms with Gasteiger partial charge in [-0.2, -0.15) is 0 Å². The fourth-order valence-corrected chi connectivity index (χ4v) is 2.54. The van der Waals surface area contributed by atoms with Gasteiger partial charge in [0.2, 0.25) is 5.91 Å². The van der Waals surface area contributed by atoms with E-state index in [-0.39, 0.29) is 0 Å². The van der Waals surface area contributed by atoms with Crippen molar-refractivity contribution < 1.29 is 4.79 Å². The highest BCUT2D eigenvalue weighted by atomic mass is 79.9. The number of anilines is 1. The molecule has 3 nitrogen and oxygen atoms in total. The van der Waals surface area contributed by atoms with Crippen molar-refractivity contribution in [1.29, 1.82) is 0 Å². The van der Waals surface area contributed by atoms with Crippen molar-refractivity contribution in [2.24, 2.45) is 5.73 Å². The molecule has 2 rings (SSSR count). The second-order valence-corrected chi connectivity index (χ2v) is 6.23. The van der Waals surface area contributed by atoms with E-state index in [9.17, 15) is 4.79 Å². The lowest BCUT2D eigenvalue weighted by molar-refractivity contribution is -0.118. The van der Waals surface area contributed by atoms with Crippen LogP contribution in [0, 0.1) is 0 Å². The van der Waals surface area contributed by atoms with Crippen LogP contribution in [0.15, 0.2) is 53.0 Å². The molecule has 2 aromatic rings. The Labute approximate surface area is 133 Å². The number of benzene rings is 2. The predicted molar refractivity (Wildman–Crippen MR) is 90.2 cm³/mol. The van der Waals surface area contributed by atoms with Gasteiger partial charge in [0.1, 0.15) is 6.04 Å². The lowest BCUT2D eigenvalue weighted by atomic mass is 9.98. The maximum absolute atomic E-state index is 11.8. The molecular formula is C17H19BrN2O. The Balaban J connectivity index is 2.24. The molecule has 3 N–H and O–H groups in total. The number of carbonyl (C=O) groups excluding carboxylic acids is 1. The zero-order chi connectivity index (χ0) is 15.4. The minimum atomic E-state index is -0.541. The van der Waals surface area contributed by atoms with Crippen LogP contribution in [-0.2, 0) is 4.79 Å². The standard InChI is InChI=1S/C17H19BrN2O/c1-11(2)12-6-8-13(9-7-12)16(17(19)21)20-15-5-3-4-14(18)10-15/h3-11,16,20H,1-2H3,(H2,19,21). The summed E-state index contributed by atoms with van der Waals surface area (Å²) in [4.78, 5) is 11.8. The van der Waals surface area contributed by atoms with Crippen molar-refractivity contribution >= 4 is 27.5 Å². The fraction of sp³-hybridized carbons (Fsp3) is 0.235. The summed E-state index contributed by atoms with van der Waals surface area (Å²) in [6.07, 6.45) is 0. The second kappa shape index (κ2) is 6.76. The highest BCUT2D eigenvalue weighted by molar-refractivity contribution is 9.10. The van der Waals surface area contributed by atoms with E-state index in [1.54, 1.807) is 0 Å². The monoisotopic (exact) mass is 346 g/mol. The molecule has 0 fully saturated rings. The van der Waals surface area contributed by atoms with Gasteiger partial charge in [0.05, 0.1) is 0 Å². The average molecular weight is 347 g/mol. The summed E-state index contributed by atoms with van der Waals surface area (Å²) in [5, 5.41) is 3.18. The Morgan fingerprint density at radius 3 is 2.24 bits per heavy atom. The van der Waals surface area contributed by atoms with Crippen molar-refractivity contribution in [2.45, 2.75) is 25.8 Å². The van der Waals surface area contributed by atoms with Crippen LogP contribution in [-0.4, -0.2) is 5.91 Å². The number of nitrogens with two attached hydrogens (primary N) is 1. The van der Waals surface area contributed by atoms with Gasteiger partial charge in [0, 0.05) is 10.2 Å². The number of hydrogen-bond donors (Lipinski definition) is 2. The van der Waals surface area contributed by atoms with Crippen LogP contribution in [0.1, 0.15) is 36.9 Å². The molecule has 21 heavy (non-hydrogen) atoms. The number of carbonyl (C=O) groups is 1. The summed E-state index contributed by atoms with van der Waals surface area (Å²) < 4.78 is 0.950. The topological polar surface area (TPSA) is 55.1 Å². The molecule has 0 aliphatic rings. The van der Waals surface area contributed by atoms with Gasteiger partial charge in [-0.3, -0.25) is 4.79 Å². The SMILES string of the molecule is CC(C)c1ccc(C(Nc2cccc(Br)c2)C(N)=O)cc1. The van der Waals surface area contributed by atoms with Crippen LogP contribution in [0.3, 0.4) is 0 Å². The van der Waals surface area contributed by atoms with Gasteiger partial charge in [0.15, 0.2) is 0 Å². The number of halogens is 1. The molecule has 1 atom stereocenters. The molecule has 4 heteroatoms. The number of primary amides is 1.